The number of carbonyl (C=O) groups is 1. The molecule has 1 aliphatic rings. The van der Waals surface area contributed by atoms with Crippen LogP contribution in [0.1, 0.15) is 44.3 Å². The molecule has 2 amide bonds. The van der Waals surface area contributed by atoms with E-state index in [9.17, 15) is 4.79 Å². The molecule has 5 aromatic rings. The molecule has 0 atom stereocenters. The Morgan fingerprint density at radius 1 is 1.18 bits per heavy atom. The van der Waals surface area contributed by atoms with Crippen LogP contribution < -0.4 is 16.4 Å². The predicted octanol–water partition coefficient (Wildman–Crippen LogP) is 4.42. The first-order valence-corrected chi connectivity index (χ1v) is 11.1. The topological polar surface area (TPSA) is 141 Å². The zero-order valence-corrected chi connectivity index (χ0v) is 18.7. The zero-order chi connectivity index (χ0) is 23.4. The van der Waals surface area contributed by atoms with Crippen LogP contribution in [0.2, 0.25) is 0 Å². The van der Waals surface area contributed by atoms with Crippen LogP contribution in [-0.4, -0.2) is 35.1 Å². The molecule has 0 bridgehead atoms. The third-order valence-corrected chi connectivity index (χ3v) is 6.01. The van der Waals surface area contributed by atoms with Gasteiger partial charge in [0.1, 0.15) is 17.8 Å². The number of anilines is 3. The summed E-state index contributed by atoms with van der Waals surface area (Å²) in [5, 5.41) is 10.3. The molecule has 5 aromatic heterocycles. The Balaban J connectivity index is 1.35. The molecule has 1 fully saturated rings. The average molecular weight is 457 g/mol. The standard InChI is InChI=1S/C23H23N9O2/c1-12(2)16-9-18(34-30-16)29-23(33)28-15-5-6-17(31-8-7-25-21(15)31)14-10-32(13-3-4-13)22-19(14)20(24)26-11-27-22/h5-13H,3-4H2,1-2H3,(H2,24,26,27)(H2,28,29,33). The lowest BCUT2D eigenvalue weighted by molar-refractivity contribution is 0.261. The molecule has 1 saturated carbocycles. The summed E-state index contributed by atoms with van der Waals surface area (Å²) in [5.41, 5.74) is 10.8. The van der Waals surface area contributed by atoms with Crippen LogP contribution in [0.3, 0.4) is 0 Å². The van der Waals surface area contributed by atoms with Gasteiger partial charge in [0.2, 0.25) is 5.88 Å². The highest BCUT2D eigenvalue weighted by Crippen LogP contribution is 2.42. The van der Waals surface area contributed by atoms with Gasteiger partial charge in [-0.15, -0.1) is 0 Å². The fourth-order valence-electron chi connectivity index (χ4n) is 4.15. The summed E-state index contributed by atoms with van der Waals surface area (Å²) in [7, 11) is 0. The van der Waals surface area contributed by atoms with Crippen LogP contribution in [-0.2, 0) is 0 Å². The van der Waals surface area contributed by atoms with Gasteiger partial charge in [-0.25, -0.2) is 19.7 Å². The van der Waals surface area contributed by atoms with Crippen molar-refractivity contribution in [2.24, 2.45) is 0 Å². The van der Waals surface area contributed by atoms with Gasteiger partial charge in [0, 0.05) is 36.3 Å². The number of pyridine rings is 1. The maximum absolute atomic E-state index is 12.6. The van der Waals surface area contributed by atoms with Gasteiger partial charge in [-0.2, -0.15) is 0 Å². The van der Waals surface area contributed by atoms with E-state index in [-0.39, 0.29) is 11.8 Å². The van der Waals surface area contributed by atoms with Crippen molar-refractivity contribution in [3.63, 3.8) is 0 Å². The first-order valence-electron chi connectivity index (χ1n) is 11.1. The van der Waals surface area contributed by atoms with Crippen LogP contribution >= 0.6 is 0 Å². The third-order valence-electron chi connectivity index (χ3n) is 6.01. The van der Waals surface area contributed by atoms with Gasteiger partial charge in [-0.1, -0.05) is 19.0 Å². The van der Waals surface area contributed by atoms with E-state index < -0.39 is 6.03 Å². The van der Waals surface area contributed by atoms with E-state index in [1.807, 2.05) is 36.6 Å². The summed E-state index contributed by atoms with van der Waals surface area (Å²) in [4.78, 5) is 25.8. The lowest BCUT2D eigenvalue weighted by Gasteiger charge is -2.10. The number of nitrogen functional groups attached to an aromatic ring is 1. The molecule has 0 radical (unpaired) electrons. The second-order valence-electron chi connectivity index (χ2n) is 8.74. The minimum atomic E-state index is -0.452. The minimum absolute atomic E-state index is 0.199. The molecule has 34 heavy (non-hydrogen) atoms. The number of urea groups is 1. The van der Waals surface area contributed by atoms with Crippen molar-refractivity contribution in [2.75, 3.05) is 16.4 Å². The molecule has 172 valence electrons. The van der Waals surface area contributed by atoms with Crippen molar-refractivity contribution in [3.05, 3.63) is 48.8 Å². The van der Waals surface area contributed by atoms with E-state index in [0.29, 0.717) is 23.2 Å². The summed E-state index contributed by atoms with van der Waals surface area (Å²) >= 11 is 0. The highest BCUT2D eigenvalue weighted by atomic mass is 16.5. The lowest BCUT2D eigenvalue weighted by atomic mass is 10.1. The van der Waals surface area contributed by atoms with E-state index >= 15 is 0 Å². The van der Waals surface area contributed by atoms with E-state index in [2.05, 4.69) is 41.5 Å². The Morgan fingerprint density at radius 2 is 2.03 bits per heavy atom. The highest BCUT2D eigenvalue weighted by Gasteiger charge is 2.28. The van der Waals surface area contributed by atoms with Crippen molar-refractivity contribution < 1.29 is 9.32 Å². The van der Waals surface area contributed by atoms with E-state index in [1.54, 1.807) is 12.3 Å². The molecule has 0 aliphatic heterocycles. The van der Waals surface area contributed by atoms with E-state index in [4.69, 9.17) is 10.3 Å². The second-order valence-corrected chi connectivity index (χ2v) is 8.74. The molecular weight excluding hydrogens is 434 g/mol. The number of carbonyl (C=O) groups excluding carboxylic acids is 1. The zero-order valence-electron chi connectivity index (χ0n) is 18.7. The smallest absolute Gasteiger partial charge is 0.326 e. The molecule has 11 heteroatoms. The number of hydrogen-bond acceptors (Lipinski definition) is 7. The molecule has 0 saturated heterocycles. The Bertz CT molecular complexity index is 1540. The number of rotatable bonds is 5. The third kappa shape index (κ3) is 3.33. The van der Waals surface area contributed by atoms with Crippen molar-refractivity contribution in [1.29, 1.82) is 0 Å². The van der Waals surface area contributed by atoms with E-state index in [0.717, 1.165) is 40.8 Å². The number of nitrogens with one attached hydrogen (secondary N) is 2. The SMILES string of the molecule is CC(C)c1cc(NC(=O)Nc2ccc(-c3cn(C4CC4)c4ncnc(N)c34)n3ccnc23)on1. The van der Waals surface area contributed by atoms with Gasteiger partial charge in [0.05, 0.1) is 22.5 Å². The van der Waals surface area contributed by atoms with Crippen molar-refractivity contribution in [2.45, 2.75) is 38.6 Å². The van der Waals surface area contributed by atoms with Crippen LogP contribution in [0.15, 0.2) is 47.6 Å². The molecule has 6 rings (SSSR count). The van der Waals surface area contributed by atoms with Crippen LogP contribution in [0.25, 0.3) is 27.9 Å². The minimum Gasteiger partial charge on any atom is -0.383 e. The monoisotopic (exact) mass is 457 g/mol. The number of amides is 2. The second kappa shape index (κ2) is 7.58. The number of hydrogen-bond donors (Lipinski definition) is 3. The summed E-state index contributed by atoms with van der Waals surface area (Å²) in [6, 6.07) is 5.43. The molecular formula is C23H23N9O2. The fraction of sp³-hybridized carbons (Fsp3) is 0.261. The van der Waals surface area contributed by atoms with Gasteiger partial charge < -0.3 is 20.1 Å². The molecule has 0 unspecified atom stereocenters. The van der Waals surface area contributed by atoms with E-state index in [1.165, 1.54) is 6.33 Å². The largest absolute Gasteiger partial charge is 0.383 e. The summed E-state index contributed by atoms with van der Waals surface area (Å²) in [6.45, 7) is 4.00. The van der Waals surface area contributed by atoms with Crippen LogP contribution in [0, 0.1) is 0 Å². The van der Waals surface area contributed by atoms with Crippen LogP contribution in [0.5, 0.6) is 0 Å². The molecule has 0 spiro atoms. The number of nitrogens with zero attached hydrogens (tertiary/aromatic N) is 6. The Kier molecular flexibility index (Phi) is 4.51. The molecule has 11 nitrogen and oxygen atoms in total. The molecule has 5 heterocycles. The van der Waals surface area contributed by atoms with Crippen molar-refractivity contribution in [3.8, 4) is 11.3 Å². The van der Waals surface area contributed by atoms with Gasteiger partial charge in [0.25, 0.3) is 0 Å². The summed E-state index contributed by atoms with van der Waals surface area (Å²) < 4.78 is 9.28. The van der Waals surface area contributed by atoms with Gasteiger partial charge in [-0.05, 0) is 30.9 Å². The molecule has 0 aromatic carbocycles. The van der Waals surface area contributed by atoms with Gasteiger partial charge >= 0.3 is 6.03 Å². The average Bonchev–Trinajstić information content (AvgIpc) is 3.21. The van der Waals surface area contributed by atoms with Gasteiger partial charge in [-0.3, -0.25) is 9.72 Å². The Hall–Kier alpha value is -4.41. The first kappa shape index (κ1) is 20.2. The first-order chi connectivity index (χ1) is 16.5. The lowest BCUT2D eigenvalue weighted by Crippen LogP contribution is -2.19. The van der Waals surface area contributed by atoms with Crippen LogP contribution in [0.4, 0.5) is 22.2 Å². The van der Waals surface area contributed by atoms with Gasteiger partial charge in [0.15, 0.2) is 5.65 Å². The van der Waals surface area contributed by atoms with Crippen molar-refractivity contribution in [1.82, 2.24) is 29.1 Å². The van der Waals surface area contributed by atoms with Crippen molar-refractivity contribution >= 4 is 40.1 Å². The predicted molar refractivity (Wildman–Crippen MR) is 128 cm³/mol. The molecule has 4 N–H and O–H groups in total. The Morgan fingerprint density at radius 3 is 2.79 bits per heavy atom. The fourth-order valence-corrected chi connectivity index (χ4v) is 4.15. The molecule has 1 aliphatic carbocycles. The number of nitrogens with two attached hydrogens (primary N) is 1. The maximum atomic E-state index is 12.6. The summed E-state index contributed by atoms with van der Waals surface area (Å²) in [6.07, 6.45) is 9.35. The maximum Gasteiger partial charge on any atom is 0.326 e. The quantitative estimate of drug-likeness (QED) is 0.355. The number of imidazole rings is 1. The number of aromatic nitrogens is 6. The summed E-state index contributed by atoms with van der Waals surface area (Å²) in [5.74, 6) is 0.910. The highest BCUT2D eigenvalue weighted by molar-refractivity contribution is 6.03. The number of fused-ring (bicyclic) bond motifs is 2. The normalized spacial score (nSPS) is 13.7. The Labute approximate surface area is 194 Å².